The van der Waals surface area contributed by atoms with Crippen LogP contribution in [0.1, 0.15) is 51.3 Å². The lowest BCUT2D eigenvalue weighted by atomic mass is 9.88. The maximum absolute atomic E-state index is 15.1. The van der Waals surface area contributed by atoms with E-state index in [0.29, 0.717) is 15.6 Å². The number of amidine groups is 1. The molecular formula is C26H28FN3OS. The zero-order valence-corrected chi connectivity index (χ0v) is 19.9. The summed E-state index contributed by atoms with van der Waals surface area (Å²) in [6.45, 7) is 11.3. The number of carbonyl (C=O) groups excluding carboxylic acids is 1. The number of allylic oxidation sites excluding steroid dienone is 1. The van der Waals surface area contributed by atoms with E-state index in [1.165, 1.54) is 17.3 Å². The van der Waals surface area contributed by atoms with Crippen LogP contribution in [0.2, 0.25) is 0 Å². The molecule has 1 amide bonds. The molecule has 0 radical (unpaired) electrons. The number of carbonyl (C=O) groups is 1. The first-order valence-corrected chi connectivity index (χ1v) is 11.7. The molecule has 6 heteroatoms. The van der Waals surface area contributed by atoms with Gasteiger partial charge in [-0.25, -0.2) is 9.38 Å². The Hall–Kier alpha value is -2.86. The van der Waals surface area contributed by atoms with Gasteiger partial charge in [-0.1, -0.05) is 25.1 Å². The topological polar surface area (TPSA) is 44.7 Å². The fraction of sp³-hybridized carbons (Fsp3) is 0.308. The van der Waals surface area contributed by atoms with E-state index in [9.17, 15) is 4.79 Å². The van der Waals surface area contributed by atoms with E-state index in [-0.39, 0.29) is 17.3 Å². The third-order valence-corrected chi connectivity index (χ3v) is 6.83. The number of benzene rings is 2. The average molecular weight is 450 g/mol. The van der Waals surface area contributed by atoms with Crippen LogP contribution >= 0.6 is 11.8 Å². The monoisotopic (exact) mass is 449 g/mol. The van der Waals surface area contributed by atoms with Crippen molar-refractivity contribution in [2.75, 3.05) is 11.4 Å². The van der Waals surface area contributed by atoms with Crippen molar-refractivity contribution >= 4 is 45.9 Å². The van der Waals surface area contributed by atoms with Crippen molar-refractivity contribution in [1.82, 2.24) is 5.32 Å². The minimum atomic E-state index is -0.339. The first kappa shape index (κ1) is 22.3. The number of thioether (sulfide) groups is 1. The quantitative estimate of drug-likeness (QED) is 0.557. The van der Waals surface area contributed by atoms with E-state index in [1.54, 1.807) is 12.1 Å². The second-order valence-electron chi connectivity index (χ2n) is 8.62. The molecule has 2 heterocycles. The van der Waals surface area contributed by atoms with E-state index in [0.717, 1.165) is 35.5 Å². The predicted molar refractivity (Wildman–Crippen MR) is 134 cm³/mol. The molecule has 0 aliphatic carbocycles. The zero-order chi connectivity index (χ0) is 23.0. The second kappa shape index (κ2) is 8.58. The van der Waals surface area contributed by atoms with Gasteiger partial charge in [0.1, 0.15) is 5.82 Å². The summed E-state index contributed by atoms with van der Waals surface area (Å²) < 4.78 is 15.1. The van der Waals surface area contributed by atoms with E-state index in [2.05, 4.69) is 49.0 Å². The minimum Gasteiger partial charge on any atom is -0.363 e. The number of nitrogens with zero attached hydrogens (tertiary/aromatic N) is 2. The molecule has 2 aliphatic rings. The number of amides is 1. The summed E-state index contributed by atoms with van der Waals surface area (Å²) in [6.07, 6.45) is 4.78. The maximum Gasteiger partial charge on any atom is 0.264 e. The number of hydrogen-bond donors (Lipinski definition) is 1. The Kier molecular flexibility index (Phi) is 5.99. The lowest BCUT2D eigenvalue weighted by Crippen LogP contribution is -2.45. The molecule has 4 nitrogen and oxygen atoms in total. The molecule has 2 aliphatic heterocycles. The summed E-state index contributed by atoms with van der Waals surface area (Å²) in [5, 5.41) is 3.28. The molecule has 0 spiro atoms. The van der Waals surface area contributed by atoms with Gasteiger partial charge in [-0.05, 0) is 87.4 Å². The zero-order valence-electron chi connectivity index (χ0n) is 19.1. The van der Waals surface area contributed by atoms with Gasteiger partial charge in [0.25, 0.3) is 5.91 Å². The molecule has 0 bridgehead atoms. The van der Waals surface area contributed by atoms with Gasteiger partial charge in [-0.15, -0.1) is 0 Å². The number of nitrogens with one attached hydrogen (secondary N) is 1. The summed E-state index contributed by atoms with van der Waals surface area (Å²) in [6, 6.07) is 11.3. The average Bonchev–Trinajstić information content (AvgIpc) is 3.08. The summed E-state index contributed by atoms with van der Waals surface area (Å²) in [7, 11) is 0. The highest BCUT2D eigenvalue weighted by molar-refractivity contribution is 8.18. The summed E-state index contributed by atoms with van der Waals surface area (Å²) in [5.74, 6) is -0.603. The number of aliphatic imine (C=N–C) groups is 1. The van der Waals surface area contributed by atoms with Gasteiger partial charge in [0.05, 0.1) is 16.1 Å². The number of aryl methyl sites for hydroxylation is 1. The Labute approximate surface area is 193 Å². The highest BCUT2D eigenvalue weighted by Crippen LogP contribution is 2.40. The van der Waals surface area contributed by atoms with Crippen molar-refractivity contribution in [3.63, 3.8) is 0 Å². The largest absolute Gasteiger partial charge is 0.363 e. The summed E-state index contributed by atoms with van der Waals surface area (Å²) in [5.41, 5.74) is 5.21. The van der Waals surface area contributed by atoms with Gasteiger partial charge in [0, 0.05) is 23.4 Å². The van der Waals surface area contributed by atoms with Crippen LogP contribution in [0.5, 0.6) is 0 Å². The lowest BCUT2D eigenvalue weighted by molar-refractivity contribution is -0.115. The molecule has 166 valence electrons. The standard InChI is InChI=1S/C26H28FN3OS/c1-6-17-8-10-19(11-9-17)28-25-29-24(31)23(32-25)13-18-12-20-16(3)15-26(4,5)30(7-2)22(20)14-21(18)27/h8-15H,6-7H2,1-5H3,(H,28,29,31)/b23-13+. The number of likely N-dealkylation sites (N-methyl/N-ethyl adjacent to an activating group) is 1. The van der Waals surface area contributed by atoms with Crippen molar-refractivity contribution in [2.45, 2.75) is 46.6 Å². The lowest BCUT2D eigenvalue weighted by Gasteiger charge is -2.42. The van der Waals surface area contributed by atoms with Crippen LogP contribution in [-0.4, -0.2) is 23.2 Å². The van der Waals surface area contributed by atoms with Crippen molar-refractivity contribution in [2.24, 2.45) is 4.99 Å². The highest BCUT2D eigenvalue weighted by Gasteiger charge is 2.31. The Morgan fingerprint density at radius 1 is 1.19 bits per heavy atom. The molecule has 2 aromatic rings. The van der Waals surface area contributed by atoms with Crippen LogP contribution in [0, 0.1) is 5.82 Å². The van der Waals surface area contributed by atoms with Crippen LogP contribution < -0.4 is 10.2 Å². The highest BCUT2D eigenvalue weighted by atomic mass is 32.2. The van der Waals surface area contributed by atoms with Crippen molar-refractivity contribution in [3.8, 4) is 0 Å². The Bertz CT molecular complexity index is 1160. The van der Waals surface area contributed by atoms with Gasteiger partial charge >= 0.3 is 0 Å². The number of fused-ring (bicyclic) bond motifs is 1. The number of hydrogen-bond acceptors (Lipinski definition) is 4. The molecule has 32 heavy (non-hydrogen) atoms. The Morgan fingerprint density at radius 2 is 1.91 bits per heavy atom. The smallest absolute Gasteiger partial charge is 0.264 e. The molecule has 0 saturated carbocycles. The van der Waals surface area contributed by atoms with Gasteiger partial charge in [0.2, 0.25) is 0 Å². The number of rotatable bonds is 4. The summed E-state index contributed by atoms with van der Waals surface area (Å²) >= 11 is 1.23. The molecule has 0 aromatic heterocycles. The van der Waals surface area contributed by atoms with Gasteiger partial charge in [0.15, 0.2) is 5.17 Å². The predicted octanol–water partition coefficient (Wildman–Crippen LogP) is 6.30. The third-order valence-electron chi connectivity index (χ3n) is 5.92. The van der Waals surface area contributed by atoms with E-state index >= 15 is 4.39 Å². The Morgan fingerprint density at radius 3 is 2.56 bits per heavy atom. The van der Waals surface area contributed by atoms with Crippen LogP contribution in [0.3, 0.4) is 0 Å². The summed E-state index contributed by atoms with van der Waals surface area (Å²) in [4.78, 5) is 19.6. The molecule has 1 fully saturated rings. The van der Waals surface area contributed by atoms with Crippen LogP contribution in [0.15, 0.2) is 52.4 Å². The van der Waals surface area contributed by atoms with Gasteiger partial charge in [-0.2, -0.15) is 0 Å². The van der Waals surface area contributed by atoms with E-state index < -0.39 is 0 Å². The van der Waals surface area contributed by atoms with E-state index in [4.69, 9.17) is 0 Å². The first-order valence-electron chi connectivity index (χ1n) is 10.9. The Balaban J connectivity index is 1.65. The van der Waals surface area contributed by atoms with Gasteiger partial charge < -0.3 is 10.2 Å². The normalized spacial score (nSPS) is 19.9. The van der Waals surface area contributed by atoms with Crippen molar-refractivity contribution in [3.05, 3.63) is 69.9 Å². The minimum absolute atomic E-state index is 0.180. The van der Waals surface area contributed by atoms with Gasteiger partial charge in [-0.3, -0.25) is 4.79 Å². The fourth-order valence-corrected chi connectivity index (χ4v) is 5.18. The van der Waals surface area contributed by atoms with Crippen LogP contribution in [-0.2, 0) is 11.2 Å². The third kappa shape index (κ3) is 4.24. The van der Waals surface area contributed by atoms with Crippen molar-refractivity contribution in [1.29, 1.82) is 0 Å². The molecule has 0 unspecified atom stereocenters. The maximum atomic E-state index is 15.1. The molecule has 0 atom stereocenters. The molecule has 1 N–H and O–H groups in total. The SMILES string of the molecule is CCc1ccc(N=C2NC(=O)/C(=C\c3cc4c(cc3F)N(CC)C(C)(C)C=C4C)S2)cc1. The molecular weight excluding hydrogens is 421 g/mol. The number of anilines is 1. The molecule has 2 aromatic carbocycles. The van der Waals surface area contributed by atoms with Crippen LogP contribution in [0.25, 0.3) is 11.6 Å². The number of halogens is 1. The van der Waals surface area contributed by atoms with Crippen LogP contribution in [0.4, 0.5) is 15.8 Å². The molecule has 1 saturated heterocycles. The fourth-order valence-electron chi connectivity index (χ4n) is 4.35. The van der Waals surface area contributed by atoms with E-state index in [1.807, 2.05) is 37.3 Å². The van der Waals surface area contributed by atoms with Crippen molar-refractivity contribution < 1.29 is 9.18 Å². The first-order chi connectivity index (χ1) is 15.2. The second-order valence-corrected chi connectivity index (χ2v) is 9.65. The molecule has 4 rings (SSSR count).